The van der Waals surface area contributed by atoms with Crippen LogP contribution in [0.5, 0.6) is 0 Å². The molecule has 0 atom stereocenters. The number of allylic oxidation sites excluding steroid dienone is 1. The first-order valence-electron chi connectivity index (χ1n) is 5.51. The molecule has 0 aliphatic heterocycles. The van der Waals surface area contributed by atoms with Crippen molar-refractivity contribution < 1.29 is 4.79 Å². The van der Waals surface area contributed by atoms with Gasteiger partial charge in [0, 0.05) is 26.2 Å². The minimum absolute atomic E-state index is 0.121. The van der Waals surface area contributed by atoms with E-state index in [1.807, 2.05) is 49.3 Å². The summed E-state index contributed by atoms with van der Waals surface area (Å²) in [4.78, 5) is 13.4. The van der Waals surface area contributed by atoms with Gasteiger partial charge in [-0.2, -0.15) is 5.26 Å². The quantitative estimate of drug-likeness (QED) is 0.587. The average Bonchev–Trinajstić information content (AvgIpc) is 2.35. The van der Waals surface area contributed by atoms with Gasteiger partial charge in [0.25, 0.3) is 0 Å². The molecule has 88 valence electrons. The lowest BCUT2D eigenvalue weighted by atomic mass is 10.1. The first-order valence-corrected chi connectivity index (χ1v) is 5.51. The highest BCUT2D eigenvalue weighted by Crippen LogP contribution is 2.15. The normalized spacial score (nSPS) is 10.8. The van der Waals surface area contributed by atoms with E-state index in [4.69, 9.17) is 5.26 Å². The van der Waals surface area contributed by atoms with Crippen molar-refractivity contribution in [1.82, 2.24) is 0 Å². The molecule has 17 heavy (non-hydrogen) atoms. The summed E-state index contributed by atoms with van der Waals surface area (Å²) in [5.74, 6) is -0.121. The van der Waals surface area contributed by atoms with Crippen LogP contribution in [0.15, 0.2) is 29.8 Å². The fourth-order valence-corrected chi connectivity index (χ4v) is 1.40. The Labute approximate surface area is 102 Å². The molecule has 0 amide bonds. The van der Waals surface area contributed by atoms with E-state index in [1.54, 1.807) is 13.0 Å². The minimum Gasteiger partial charge on any atom is -0.378 e. The number of carbonyl (C=O) groups excluding carboxylic acids is 1. The zero-order valence-electron chi connectivity index (χ0n) is 10.4. The highest BCUT2D eigenvalue weighted by Gasteiger charge is 2.05. The summed E-state index contributed by atoms with van der Waals surface area (Å²) >= 11 is 0. The number of hydrogen-bond acceptors (Lipinski definition) is 3. The highest BCUT2D eigenvalue weighted by atomic mass is 16.1. The maximum absolute atomic E-state index is 11.4. The summed E-state index contributed by atoms with van der Waals surface area (Å²) in [6, 6.07) is 9.65. The maximum atomic E-state index is 11.4. The summed E-state index contributed by atoms with van der Waals surface area (Å²) in [5.41, 5.74) is 2.17. The molecule has 0 aliphatic rings. The van der Waals surface area contributed by atoms with Crippen molar-refractivity contribution in [2.75, 3.05) is 19.0 Å². The Hall–Kier alpha value is -2.08. The second-order valence-corrected chi connectivity index (χ2v) is 3.93. The number of Topliss-reactive ketones (excluding diaryl/α,β-unsaturated/α-hetero) is 1. The van der Waals surface area contributed by atoms with Gasteiger partial charge in [-0.1, -0.05) is 19.1 Å². The molecule has 1 aromatic rings. The van der Waals surface area contributed by atoms with Crippen molar-refractivity contribution in [3.8, 4) is 6.07 Å². The van der Waals surface area contributed by atoms with E-state index in [2.05, 4.69) is 0 Å². The highest BCUT2D eigenvalue weighted by molar-refractivity contribution is 6.03. The van der Waals surface area contributed by atoms with Gasteiger partial charge in [0.15, 0.2) is 5.78 Å². The van der Waals surface area contributed by atoms with Gasteiger partial charge in [-0.05, 0) is 23.8 Å². The van der Waals surface area contributed by atoms with Crippen LogP contribution in [0.25, 0.3) is 6.08 Å². The Morgan fingerprint density at radius 2 is 1.94 bits per heavy atom. The molecule has 0 saturated carbocycles. The van der Waals surface area contributed by atoms with E-state index >= 15 is 0 Å². The fourth-order valence-electron chi connectivity index (χ4n) is 1.40. The van der Waals surface area contributed by atoms with Crippen LogP contribution >= 0.6 is 0 Å². The standard InChI is InChI=1S/C14H16N2O/c1-4-14(17)12(10-15)9-11-5-7-13(8-6-11)16(2)3/h5-9H,4H2,1-3H3/b12-9+. The van der Waals surface area contributed by atoms with Crippen molar-refractivity contribution in [3.05, 3.63) is 35.4 Å². The molecule has 0 bridgehead atoms. The number of hydrogen-bond donors (Lipinski definition) is 0. The first kappa shape index (κ1) is 13.0. The van der Waals surface area contributed by atoms with Crippen molar-refractivity contribution in [1.29, 1.82) is 5.26 Å². The molecule has 0 fully saturated rings. The number of benzene rings is 1. The van der Waals surface area contributed by atoms with Gasteiger partial charge in [0.2, 0.25) is 0 Å². The smallest absolute Gasteiger partial charge is 0.173 e. The molecule has 0 unspecified atom stereocenters. The second kappa shape index (κ2) is 5.86. The zero-order chi connectivity index (χ0) is 12.8. The van der Waals surface area contributed by atoms with Crippen molar-refractivity contribution >= 4 is 17.5 Å². The number of nitriles is 1. The monoisotopic (exact) mass is 228 g/mol. The molecule has 0 heterocycles. The zero-order valence-corrected chi connectivity index (χ0v) is 10.4. The SMILES string of the molecule is CCC(=O)/C(C#N)=C/c1ccc(N(C)C)cc1. The molecule has 0 saturated heterocycles. The Bertz CT molecular complexity index is 464. The fraction of sp³-hybridized carbons (Fsp3) is 0.286. The van der Waals surface area contributed by atoms with E-state index in [9.17, 15) is 4.79 Å². The first-order chi connectivity index (χ1) is 8.08. The predicted molar refractivity (Wildman–Crippen MR) is 69.7 cm³/mol. The third kappa shape index (κ3) is 3.46. The minimum atomic E-state index is -0.121. The van der Waals surface area contributed by atoms with Gasteiger partial charge in [-0.15, -0.1) is 0 Å². The molecule has 1 rings (SSSR count). The van der Waals surface area contributed by atoms with Gasteiger partial charge in [0.1, 0.15) is 6.07 Å². The van der Waals surface area contributed by atoms with Crippen molar-refractivity contribution in [2.24, 2.45) is 0 Å². The summed E-state index contributed by atoms with van der Waals surface area (Å²) in [6.07, 6.45) is 1.99. The molecule has 0 N–H and O–H groups in total. The van der Waals surface area contributed by atoms with Crippen LogP contribution in [0.3, 0.4) is 0 Å². The Morgan fingerprint density at radius 1 is 1.35 bits per heavy atom. The Kier molecular flexibility index (Phi) is 4.47. The molecule has 0 spiro atoms. The summed E-state index contributed by atoms with van der Waals surface area (Å²) in [6.45, 7) is 1.75. The van der Waals surface area contributed by atoms with Gasteiger partial charge in [-0.3, -0.25) is 4.79 Å². The number of anilines is 1. The second-order valence-electron chi connectivity index (χ2n) is 3.93. The van der Waals surface area contributed by atoms with Crippen LogP contribution in [-0.2, 0) is 4.79 Å². The maximum Gasteiger partial charge on any atom is 0.173 e. The van der Waals surface area contributed by atoms with Crippen LogP contribution in [0.2, 0.25) is 0 Å². The van der Waals surface area contributed by atoms with Crippen LogP contribution in [-0.4, -0.2) is 19.9 Å². The molecule has 0 aromatic heterocycles. The third-order valence-electron chi connectivity index (χ3n) is 2.46. The van der Waals surface area contributed by atoms with E-state index in [-0.39, 0.29) is 11.4 Å². The van der Waals surface area contributed by atoms with Gasteiger partial charge >= 0.3 is 0 Å². The Morgan fingerprint density at radius 3 is 2.35 bits per heavy atom. The molecule has 0 radical (unpaired) electrons. The van der Waals surface area contributed by atoms with Crippen LogP contribution in [0.4, 0.5) is 5.69 Å². The Balaban J connectivity index is 2.98. The van der Waals surface area contributed by atoms with Crippen LogP contribution in [0, 0.1) is 11.3 Å². The third-order valence-corrected chi connectivity index (χ3v) is 2.46. The molecule has 3 nitrogen and oxygen atoms in total. The molecular formula is C14H16N2O. The molecule has 1 aromatic carbocycles. The lowest BCUT2D eigenvalue weighted by Crippen LogP contribution is -2.08. The van der Waals surface area contributed by atoms with Crippen molar-refractivity contribution in [2.45, 2.75) is 13.3 Å². The number of rotatable bonds is 4. The van der Waals surface area contributed by atoms with E-state index in [0.29, 0.717) is 6.42 Å². The summed E-state index contributed by atoms with van der Waals surface area (Å²) < 4.78 is 0. The largest absolute Gasteiger partial charge is 0.378 e. The van der Waals surface area contributed by atoms with Crippen LogP contribution < -0.4 is 4.90 Å². The molecule has 3 heteroatoms. The lowest BCUT2D eigenvalue weighted by Gasteiger charge is -2.11. The lowest BCUT2D eigenvalue weighted by molar-refractivity contribution is -0.114. The van der Waals surface area contributed by atoms with Gasteiger partial charge in [0.05, 0.1) is 5.57 Å². The molecular weight excluding hydrogens is 212 g/mol. The summed E-state index contributed by atoms with van der Waals surface area (Å²) in [5, 5.41) is 8.88. The van der Waals surface area contributed by atoms with E-state index < -0.39 is 0 Å². The van der Waals surface area contributed by atoms with E-state index in [0.717, 1.165) is 11.3 Å². The van der Waals surface area contributed by atoms with Gasteiger partial charge < -0.3 is 4.90 Å². The number of ketones is 1. The van der Waals surface area contributed by atoms with E-state index in [1.165, 1.54) is 0 Å². The average molecular weight is 228 g/mol. The number of carbonyl (C=O) groups is 1. The number of nitrogens with zero attached hydrogens (tertiary/aromatic N) is 2. The van der Waals surface area contributed by atoms with Gasteiger partial charge in [-0.25, -0.2) is 0 Å². The predicted octanol–water partition coefficient (Wildman–Crippen LogP) is 2.64. The topological polar surface area (TPSA) is 44.1 Å². The summed E-state index contributed by atoms with van der Waals surface area (Å²) in [7, 11) is 3.93. The van der Waals surface area contributed by atoms with Crippen LogP contribution in [0.1, 0.15) is 18.9 Å². The van der Waals surface area contributed by atoms with Crippen molar-refractivity contribution in [3.63, 3.8) is 0 Å². The molecule has 0 aliphatic carbocycles.